The first kappa shape index (κ1) is 11.9. The lowest BCUT2D eigenvalue weighted by molar-refractivity contribution is 0.473. The molecule has 0 saturated heterocycles. The number of fused-ring (bicyclic) bond motifs is 1. The molecule has 2 aromatic rings. The third-order valence-corrected chi connectivity index (χ3v) is 4.05. The number of nitrogens with one attached hydrogen (secondary N) is 2. The Morgan fingerprint density at radius 1 is 1.20 bits per heavy atom. The van der Waals surface area contributed by atoms with Gasteiger partial charge in [0, 0.05) is 18.5 Å². The smallest absolute Gasteiger partial charge is 0.315 e. The number of hydrogen-bond donors (Lipinski definition) is 2. The molecule has 5 nitrogen and oxygen atoms in total. The fourth-order valence-electron chi connectivity index (χ4n) is 2.67. The van der Waals surface area contributed by atoms with Gasteiger partial charge in [0.2, 0.25) is 5.89 Å². The molecule has 2 aliphatic carbocycles. The van der Waals surface area contributed by atoms with Crippen molar-refractivity contribution in [3.8, 4) is 0 Å². The van der Waals surface area contributed by atoms with E-state index >= 15 is 0 Å². The topological polar surface area (TPSA) is 63.0 Å². The van der Waals surface area contributed by atoms with Crippen LogP contribution in [0.3, 0.4) is 0 Å². The molecule has 1 unspecified atom stereocenters. The van der Waals surface area contributed by atoms with Crippen LogP contribution in [0.1, 0.15) is 35.8 Å². The Hall–Kier alpha value is -1.88. The van der Waals surface area contributed by atoms with E-state index in [1.54, 1.807) is 0 Å². The van der Waals surface area contributed by atoms with Crippen LogP contribution in [-0.4, -0.2) is 22.8 Å². The van der Waals surface area contributed by atoms with Crippen molar-refractivity contribution in [3.05, 3.63) is 41.3 Å². The van der Waals surface area contributed by atoms with Crippen molar-refractivity contribution in [3.63, 3.8) is 0 Å². The standard InChI is InChI=1S/C15H18N4O/c1-2-4-13-10(3-1)7-11(13)8-17-15-19-18-14(20-15)9-16-12-5-6-12/h1-4,11-12,16H,5-9H2,(H,17,19). The summed E-state index contributed by atoms with van der Waals surface area (Å²) in [4.78, 5) is 0. The highest BCUT2D eigenvalue weighted by atomic mass is 16.4. The lowest BCUT2D eigenvalue weighted by atomic mass is 9.78. The largest absolute Gasteiger partial charge is 0.407 e. The zero-order valence-electron chi connectivity index (χ0n) is 11.3. The maximum atomic E-state index is 5.57. The van der Waals surface area contributed by atoms with E-state index < -0.39 is 0 Å². The van der Waals surface area contributed by atoms with E-state index in [0.717, 1.165) is 13.0 Å². The first-order chi connectivity index (χ1) is 9.88. The fourth-order valence-corrected chi connectivity index (χ4v) is 2.67. The predicted octanol–water partition coefficient (Wildman–Crippen LogP) is 2.07. The highest BCUT2D eigenvalue weighted by Gasteiger charge is 2.25. The molecule has 1 fully saturated rings. The summed E-state index contributed by atoms with van der Waals surface area (Å²) in [5.74, 6) is 1.22. The minimum absolute atomic E-state index is 0.530. The van der Waals surface area contributed by atoms with Crippen molar-refractivity contribution in [2.24, 2.45) is 0 Å². The van der Waals surface area contributed by atoms with Gasteiger partial charge in [0.05, 0.1) is 6.54 Å². The van der Waals surface area contributed by atoms with E-state index in [1.165, 1.54) is 24.0 Å². The molecule has 2 aliphatic rings. The second-order valence-electron chi connectivity index (χ2n) is 5.64. The van der Waals surface area contributed by atoms with Crippen LogP contribution in [-0.2, 0) is 13.0 Å². The van der Waals surface area contributed by atoms with Crippen LogP contribution in [0.25, 0.3) is 0 Å². The summed E-state index contributed by atoms with van der Waals surface area (Å²) in [6, 6.07) is 9.77. The zero-order valence-corrected chi connectivity index (χ0v) is 11.3. The molecule has 1 atom stereocenters. The normalized spacial score (nSPS) is 20.3. The van der Waals surface area contributed by atoms with Gasteiger partial charge < -0.3 is 15.1 Å². The maximum absolute atomic E-state index is 5.57. The number of rotatable bonds is 6. The van der Waals surface area contributed by atoms with Crippen molar-refractivity contribution < 1.29 is 4.42 Å². The Morgan fingerprint density at radius 3 is 2.95 bits per heavy atom. The van der Waals surface area contributed by atoms with Gasteiger partial charge in [-0.2, -0.15) is 0 Å². The SMILES string of the molecule is c1ccc2c(c1)CC2CNc1nnc(CNC2CC2)o1. The van der Waals surface area contributed by atoms with Crippen molar-refractivity contribution in [2.45, 2.75) is 37.8 Å². The van der Waals surface area contributed by atoms with Crippen molar-refractivity contribution in [1.82, 2.24) is 15.5 Å². The van der Waals surface area contributed by atoms with E-state index in [2.05, 4.69) is 45.1 Å². The van der Waals surface area contributed by atoms with Gasteiger partial charge in [-0.1, -0.05) is 29.4 Å². The Balaban J connectivity index is 1.29. The van der Waals surface area contributed by atoms with Crippen LogP contribution in [0, 0.1) is 0 Å². The van der Waals surface area contributed by atoms with Gasteiger partial charge in [-0.25, -0.2) is 0 Å². The second-order valence-corrected chi connectivity index (χ2v) is 5.64. The van der Waals surface area contributed by atoms with E-state index in [1.807, 2.05) is 0 Å². The van der Waals surface area contributed by atoms with Crippen molar-refractivity contribution in [2.75, 3.05) is 11.9 Å². The van der Waals surface area contributed by atoms with Crippen LogP contribution in [0.2, 0.25) is 0 Å². The number of hydrogen-bond acceptors (Lipinski definition) is 5. The molecule has 0 spiro atoms. The van der Waals surface area contributed by atoms with Crippen LogP contribution >= 0.6 is 0 Å². The van der Waals surface area contributed by atoms with Crippen LogP contribution in [0.15, 0.2) is 28.7 Å². The quantitative estimate of drug-likeness (QED) is 0.841. The summed E-state index contributed by atoms with van der Waals surface area (Å²) in [5, 5.41) is 14.7. The molecule has 2 N–H and O–H groups in total. The molecule has 1 aromatic carbocycles. The molecule has 5 heteroatoms. The highest BCUT2D eigenvalue weighted by molar-refractivity contribution is 5.41. The van der Waals surface area contributed by atoms with E-state index in [4.69, 9.17) is 4.42 Å². The van der Waals surface area contributed by atoms with Gasteiger partial charge in [-0.05, 0) is 30.4 Å². The first-order valence-corrected chi connectivity index (χ1v) is 7.26. The molecule has 1 heterocycles. The Kier molecular flexibility index (Phi) is 2.92. The molecule has 0 radical (unpaired) electrons. The van der Waals surface area contributed by atoms with Gasteiger partial charge in [0.25, 0.3) is 0 Å². The molecule has 0 amide bonds. The first-order valence-electron chi connectivity index (χ1n) is 7.26. The summed E-state index contributed by atoms with van der Waals surface area (Å²) < 4.78 is 5.57. The molecule has 4 rings (SSSR count). The second kappa shape index (κ2) is 4.90. The monoisotopic (exact) mass is 270 g/mol. The number of benzene rings is 1. The van der Waals surface area contributed by atoms with Crippen LogP contribution in [0.5, 0.6) is 0 Å². The number of anilines is 1. The van der Waals surface area contributed by atoms with Gasteiger partial charge in [-0.3, -0.25) is 0 Å². The molecule has 1 aromatic heterocycles. The highest BCUT2D eigenvalue weighted by Crippen LogP contribution is 2.34. The summed E-state index contributed by atoms with van der Waals surface area (Å²) in [5.41, 5.74) is 2.90. The maximum Gasteiger partial charge on any atom is 0.315 e. The predicted molar refractivity (Wildman–Crippen MR) is 75.5 cm³/mol. The minimum Gasteiger partial charge on any atom is -0.407 e. The van der Waals surface area contributed by atoms with Gasteiger partial charge >= 0.3 is 6.01 Å². The van der Waals surface area contributed by atoms with Gasteiger partial charge in [0.15, 0.2) is 0 Å². The third-order valence-electron chi connectivity index (χ3n) is 4.05. The minimum atomic E-state index is 0.530. The summed E-state index contributed by atoms with van der Waals surface area (Å²) >= 11 is 0. The van der Waals surface area contributed by atoms with E-state index in [-0.39, 0.29) is 0 Å². The van der Waals surface area contributed by atoms with Crippen molar-refractivity contribution >= 4 is 6.01 Å². The number of nitrogens with zero attached hydrogens (tertiary/aromatic N) is 2. The van der Waals surface area contributed by atoms with Crippen LogP contribution < -0.4 is 10.6 Å². The summed E-state index contributed by atoms with van der Waals surface area (Å²) in [6.45, 7) is 1.53. The Bertz CT molecular complexity index is 605. The third kappa shape index (κ3) is 2.41. The Morgan fingerprint density at radius 2 is 2.10 bits per heavy atom. The summed E-state index contributed by atoms with van der Waals surface area (Å²) in [7, 11) is 0. The Labute approximate surface area is 117 Å². The van der Waals surface area contributed by atoms with Gasteiger partial charge in [-0.15, -0.1) is 5.10 Å². The van der Waals surface area contributed by atoms with E-state index in [0.29, 0.717) is 30.4 Å². The molecule has 20 heavy (non-hydrogen) atoms. The number of aromatic nitrogens is 2. The molecule has 0 bridgehead atoms. The van der Waals surface area contributed by atoms with Crippen molar-refractivity contribution in [1.29, 1.82) is 0 Å². The fraction of sp³-hybridized carbons (Fsp3) is 0.467. The molecular weight excluding hydrogens is 252 g/mol. The lowest BCUT2D eigenvalue weighted by Crippen LogP contribution is -2.24. The molecular formula is C15H18N4O. The van der Waals surface area contributed by atoms with E-state index in [9.17, 15) is 0 Å². The molecule has 104 valence electrons. The molecule has 1 saturated carbocycles. The molecule has 0 aliphatic heterocycles. The zero-order chi connectivity index (χ0) is 13.4. The average molecular weight is 270 g/mol. The van der Waals surface area contributed by atoms with Crippen LogP contribution in [0.4, 0.5) is 6.01 Å². The summed E-state index contributed by atoms with van der Waals surface area (Å²) in [6.07, 6.45) is 3.66. The lowest BCUT2D eigenvalue weighted by Gasteiger charge is -2.29. The average Bonchev–Trinajstić information content (AvgIpc) is 3.17. The van der Waals surface area contributed by atoms with Gasteiger partial charge in [0.1, 0.15) is 0 Å².